The molecule has 1 aliphatic rings. The molecule has 4 nitrogen and oxygen atoms in total. The maximum Gasteiger partial charge on any atom is 0.238 e. The van der Waals surface area contributed by atoms with Crippen LogP contribution in [0, 0.1) is 11.3 Å². The summed E-state index contributed by atoms with van der Waals surface area (Å²) in [6.45, 7) is 0. The molecule has 1 atom stereocenters. The summed E-state index contributed by atoms with van der Waals surface area (Å²) >= 11 is 0. The van der Waals surface area contributed by atoms with Crippen molar-refractivity contribution in [2.24, 2.45) is 4.99 Å². The number of carbonyl (C=O) groups excluding carboxylic acids is 1. The van der Waals surface area contributed by atoms with Crippen molar-refractivity contribution in [3.8, 4) is 6.07 Å². The van der Waals surface area contributed by atoms with Crippen LogP contribution in [0.1, 0.15) is 22.6 Å². The van der Waals surface area contributed by atoms with Crippen molar-refractivity contribution in [1.82, 2.24) is 0 Å². The minimum Gasteiger partial charge on any atom is -0.325 e. The SMILES string of the molecule is N#Cc1cccc(N=C(c2ccccc2)C2C(=O)Nc3ccccc32)c1. The molecule has 0 bridgehead atoms. The van der Waals surface area contributed by atoms with Gasteiger partial charge in [0.05, 0.1) is 23.0 Å². The third-order valence-electron chi connectivity index (χ3n) is 4.36. The molecule has 3 aromatic carbocycles. The zero-order valence-corrected chi connectivity index (χ0v) is 13.9. The van der Waals surface area contributed by atoms with Gasteiger partial charge in [0, 0.05) is 5.69 Å². The van der Waals surface area contributed by atoms with Gasteiger partial charge in [-0.05, 0) is 35.4 Å². The Bertz CT molecular complexity index is 1050. The molecule has 1 unspecified atom stereocenters. The summed E-state index contributed by atoms with van der Waals surface area (Å²) in [5.74, 6) is -0.579. The first-order valence-corrected chi connectivity index (χ1v) is 8.30. The Morgan fingerprint density at radius 1 is 0.962 bits per heavy atom. The monoisotopic (exact) mass is 337 g/mol. The maximum absolute atomic E-state index is 12.7. The van der Waals surface area contributed by atoms with Gasteiger partial charge in [-0.2, -0.15) is 5.26 Å². The van der Waals surface area contributed by atoms with Crippen LogP contribution in [0.15, 0.2) is 83.9 Å². The molecule has 0 aliphatic carbocycles. The normalized spacial score (nSPS) is 15.9. The van der Waals surface area contributed by atoms with Gasteiger partial charge < -0.3 is 5.32 Å². The van der Waals surface area contributed by atoms with Gasteiger partial charge in [-0.3, -0.25) is 9.79 Å². The van der Waals surface area contributed by atoms with Crippen LogP contribution in [0.5, 0.6) is 0 Å². The number of para-hydroxylation sites is 1. The Morgan fingerprint density at radius 2 is 1.73 bits per heavy atom. The minimum absolute atomic E-state index is 0.0924. The fraction of sp³-hybridized carbons (Fsp3) is 0.0455. The number of carbonyl (C=O) groups is 1. The number of hydrogen-bond acceptors (Lipinski definition) is 3. The topological polar surface area (TPSA) is 65.2 Å². The Labute approximate surface area is 151 Å². The molecular weight excluding hydrogens is 322 g/mol. The fourth-order valence-electron chi connectivity index (χ4n) is 3.17. The van der Waals surface area contributed by atoms with Crippen molar-refractivity contribution in [2.75, 3.05) is 5.32 Å². The van der Waals surface area contributed by atoms with Crippen LogP contribution in [-0.2, 0) is 4.79 Å². The van der Waals surface area contributed by atoms with Gasteiger partial charge in [0.15, 0.2) is 0 Å². The van der Waals surface area contributed by atoms with E-state index in [2.05, 4.69) is 11.4 Å². The van der Waals surface area contributed by atoms with Crippen LogP contribution >= 0.6 is 0 Å². The molecule has 124 valence electrons. The van der Waals surface area contributed by atoms with Crippen molar-refractivity contribution < 1.29 is 4.79 Å². The van der Waals surface area contributed by atoms with Gasteiger partial charge in [0.25, 0.3) is 0 Å². The minimum atomic E-state index is -0.487. The van der Waals surface area contributed by atoms with Crippen LogP contribution in [-0.4, -0.2) is 11.6 Å². The summed E-state index contributed by atoms with van der Waals surface area (Å²) < 4.78 is 0. The molecule has 1 heterocycles. The summed E-state index contributed by atoms with van der Waals surface area (Å²) in [5, 5.41) is 12.1. The summed E-state index contributed by atoms with van der Waals surface area (Å²) in [7, 11) is 0. The number of aliphatic imine (C=N–C) groups is 1. The second-order valence-electron chi connectivity index (χ2n) is 6.03. The summed E-state index contributed by atoms with van der Waals surface area (Å²) in [6.07, 6.45) is 0. The number of anilines is 1. The molecule has 26 heavy (non-hydrogen) atoms. The van der Waals surface area contributed by atoms with Crippen molar-refractivity contribution >= 4 is 23.0 Å². The largest absolute Gasteiger partial charge is 0.325 e. The van der Waals surface area contributed by atoms with Gasteiger partial charge in [-0.25, -0.2) is 0 Å². The van der Waals surface area contributed by atoms with Crippen LogP contribution in [0.4, 0.5) is 11.4 Å². The van der Waals surface area contributed by atoms with Crippen molar-refractivity contribution in [3.05, 3.63) is 95.6 Å². The predicted molar refractivity (Wildman–Crippen MR) is 102 cm³/mol. The lowest BCUT2D eigenvalue weighted by molar-refractivity contribution is -0.115. The quantitative estimate of drug-likeness (QED) is 0.719. The van der Waals surface area contributed by atoms with Gasteiger partial charge in [0.1, 0.15) is 5.92 Å². The average Bonchev–Trinajstić information content (AvgIpc) is 3.02. The van der Waals surface area contributed by atoms with Crippen molar-refractivity contribution in [1.29, 1.82) is 5.26 Å². The molecule has 4 heteroatoms. The third kappa shape index (κ3) is 2.87. The number of fused-ring (bicyclic) bond motifs is 1. The number of nitrogens with one attached hydrogen (secondary N) is 1. The van der Waals surface area contributed by atoms with Gasteiger partial charge in [0.2, 0.25) is 5.91 Å². The van der Waals surface area contributed by atoms with E-state index in [4.69, 9.17) is 10.3 Å². The first-order valence-electron chi connectivity index (χ1n) is 8.30. The number of nitriles is 1. The number of rotatable bonds is 3. The smallest absolute Gasteiger partial charge is 0.238 e. The Hall–Kier alpha value is -3.71. The van der Waals surface area contributed by atoms with E-state index < -0.39 is 5.92 Å². The Kier molecular flexibility index (Phi) is 4.04. The average molecular weight is 337 g/mol. The highest BCUT2D eigenvalue weighted by atomic mass is 16.2. The Balaban J connectivity index is 1.89. The summed E-state index contributed by atoms with van der Waals surface area (Å²) in [5.41, 5.74) is 4.47. The highest BCUT2D eigenvalue weighted by Crippen LogP contribution is 2.36. The van der Waals surface area contributed by atoms with Crippen LogP contribution in [0.2, 0.25) is 0 Å². The number of nitrogens with zero attached hydrogens (tertiary/aromatic N) is 2. The highest BCUT2D eigenvalue weighted by molar-refractivity contribution is 6.24. The number of hydrogen-bond donors (Lipinski definition) is 1. The Morgan fingerprint density at radius 3 is 2.54 bits per heavy atom. The predicted octanol–water partition coefficient (Wildman–Crippen LogP) is 4.41. The second kappa shape index (κ2) is 6.66. The van der Waals surface area contributed by atoms with E-state index in [-0.39, 0.29) is 5.91 Å². The summed E-state index contributed by atoms with van der Waals surface area (Å²) in [4.78, 5) is 17.5. The van der Waals surface area contributed by atoms with Crippen molar-refractivity contribution in [2.45, 2.75) is 5.92 Å². The van der Waals surface area contributed by atoms with Gasteiger partial charge in [-0.15, -0.1) is 0 Å². The van der Waals surface area contributed by atoms with Crippen LogP contribution < -0.4 is 5.32 Å². The highest BCUT2D eigenvalue weighted by Gasteiger charge is 2.35. The molecule has 0 spiro atoms. The van der Waals surface area contributed by atoms with E-state index in [1.807, 2.05) is 60.7 Å². The number of amides is 1. The third-order valence-corrected chi connectivity index (χ3v) is 4.36. The van der Waals surface area contributed by atoms with Crippen molar-refractivity contribution in [3.63, 3.8) is 0 Å². The lowest BCUT2D eigenvalue weighted by Gasteiger charge is -2.14. The van der Waals surface area contributed by atoms with Gasteiger partial charge >= 0.3 is 0 Å². The van der Waals surface area contributed by atoms with E-state index in [1.54, 1.807) is 18.2 Å². The van der Waals surface area contributed by atoms with E-state index in [1.165, 1.54) is 0 Å². The van der Waals surface area contributed by atoms with Crippen LogP contribution in [0.25, 0.3) is 0 Å². The first-order chi connectivity index (χ1) is 12.8. The molecule has 4 rings (SSSR count). The molecule has 3 aromatic rings. The zero-order valence-electron chi connectivity index (χ0n) is 13.9. The molecular formula is C22H15N3O. The van der Waals surface area contributed by atoms with Gasteiger partial charge in [-0.1, -0.05) is 54.6 Å². The molecule has 0 saturated carbocycles. The second-order valence-corrected chi connectivity index (χ2v) is 6.03. The molecule has 0 fully saturated rings. The molecule has 0 aromatic heterocycles. The lowest BCUT2D eigenvalue weighted by atomic mass is 9.90. The van der Waals surface area contributed by atoms with E-state index >= 15 is 0 Å². The molecule has 1 aliphatic heterocycles. The maximum atomic E-state index is 12.7. The molecule has 0 radical (unpaired) electrons. The van der Waals surface area contributed by atoms with E-state index in [9.17, 15) is 4.79 Å². The molecule has 0 saturated heterocycles. The molecule has 1 N–H and O–H groups in total. The lowest BCUT2D eigenvalue weighted by Crippen LogP contribution is -2.21. The molecule has 1 amide bonds. The fourth-order valence-corrected chi connectivity index (χ4v) is 3.17. The standard InChI is InChI=1S/C22H15N3O/c23-14-15-7-6-10-17(13-15)24-21(16-8-2-1-3-9-16)20-18-11-4-5-12-19(18)25-22(20)26/h1-13,20H,(H,25,26). The summed E-state index contributed by atoms with van der Waals surface area (Å²) in [6, 6.07) is 26.6. The van der Waals surface area contributed by atoms with Crippen LogP contribution in [0.3, 0.4) is 0 Å². The van der Waals surface area contributed by atoms with E-state index in [0.717, 1.165) is 16.8 Å². The number of benzene rings is 3. The first kappa shape index (κ1) is 15.8. The van der Waals surface area contributed by atoms with E-state index in [0.29, 0.717) is 17.0 Å². The zero-order chi connectivity index (χ0) is 17.9.